The molecule has 2 aromatic rings. The van der Waals surface area contributed by atoms with Gasteiger partial charge < -0.3 is 10.5 Å². The van der Waals surface area contributed by atoms with Gasteiger partial charge in [-0.2, -0.15) is 5.26 Å². The molecule has 0 spiro atoms. The molecule has 0 saturated heterocycles. The van der Waals surface area contributed by atoms with Crippen LogP contribution >= 0.6 is 0 Å². The Morgan fingerprint density at radius 3 is 2.67 bits per heavy atom. The summed E-state index contributed by atoms with van der Waals surface area (Å²) in [5.74, 6) is 0.320. The second kappa shape index (κ2) is 6.09. The molecular formula is C15H16N4O2. The maximum absolute atomic E-state index is 11.8. The molecule has 21 heavy (non-hydrogen) atoms. The number of imidazole rings is 1. The summed E-state index contributed by atoms with van der Waals surface area (Å²) in [4.78, 5) is 16.0. The van der Waals surface area contributed by atoms with Crippen LogP contribution in [0.15, 0.2) is 24.3 Å². The molecule has 2 rings (SSSR count). The van der Waals surface area contributed by atoms with E-state index in [0.717, 1.165) is 11.3 Å². The summed E-state index contributed by atoms with van der Waals surface area (Å²) in [5, 5.41) is 8.67. The van der Waals surface area contributed by atoms with Crippen molar-refractivity contribution in [2.75, 3.05) is 12.3 Å². The Hall–Kier alpha value is -2.81. The Labute approximate surface area is 122 Å². The van der Waals surface area contributed by atoms with Crippen molar-refractivity contribution in [2.24, 2.45) is 0 Å². The van der Waals surface area contributed by atoms with Crippen molar-refractivity contribution >= 4 is 11.8 Å². The van der Waals surface area contributed by atoms with Crippen LogP contribution in [0.5, 0.6) is 0 Å². The van der Waals surface area contributed by atoms with Crippen LogP contribution in [0.4, 0.5) is 5.82 Å². The maximum Gasteiger partial charge on any atom is 0.360 e. The molecule has 6 heteroatoms. The molecule has 0 aliphatic rings. The van der Waals surface area contributed by atoms with E-state index in [4.69, 9.17) is 15.7 Å². The summed E-state index contributed by atoms with van der Waals surface area (Å²) in [6, 6.07) is 9.47. The van der Waals surface area contributed by atoms with Gasteiger partial charge in [-0.25, -0.2) is 9.78 Å². The number of nitrogens with zero attached hydrogens (tertiary/aromatic N) is 3. The highest BCUT2D eigenvalue weighted by Crippen LogP contribution is 2.21. The average molecular weight is 284 g/mol. The van der Waals surface area contributed by atoms with Crippen LogP contribution in [-0.4, -0.2) is 22.1 Å². The number of carbonyl (C=O) groups is 1. The number of benzene rings is 1. The minimum absolute atomic E-state index is 0.121. The predicted molar refractivity (Wildman–Crippen MR) is 78.0 cm³/mol. The molecule has 0 bridgehead atoms. The van der Waals surface area contributed by atoms with Crippen LogP contribution in [0.2, 0.25) is 0 Å². The van der Waals surface area contributed by atoms with Gasteiger partial charge in [-0.3, -0.25) is 4.57 Å². The lowest BCUT2D eigenvalue weighted by Crippen LogP contribution is -2.09. The number of nitrogen functional groups attached to an aromatic ring is 1. The fourth-order valence-corrected chi connectivity index (χ4v) is 2.08. The molecule has 2 N–H and O–H groups in total. The molecular weight excluding hydrogens is 268 g/mol. The normalized spacial score (nSPS) is 10.1. The van der Waals surface area contributed by atoms with E-state index in [2.05, 4.69) is 11.1 Å². The number of nitrogens with two attached hydrogens (primary N) is 1. The zero-order valence-electron chi connectivity index (χ0n) is 12.0. The zero-order chi connectivity index (χ0) is 15.4. The highest BCUT2D eigenvalue weighted by atomic mass is 16.5. The van der Waals surface area contributed by atoms with E-state index in [1.165, 1.54) is 0 Å². The van der Waals surface area contributed by atoms with Crippen molar-refractivity contribution in [3.05, 3.63) is 41.3 Å². The average Bonchev–Trinajstić information content (AvgIpc) is 2.76. The molecule has 0 unspecified atom stereocenters. The van der Waals surface area contributed by atoms with Gasteiger partial charge in [0.05, 0.1) is 19.1 Å². The lowest BCUT2D eigenvalue weighted by atomic mass is 10.1. The van der Waals surface area contributed by atoms with Gasteiger partial charge in [0.25, 0.3) is 0 Å². The Morgan fingerprint density at radius 1 is 1.43 bits per heavy atom. The number of ether oxygens (including phenoxy) is 1. The fourth-order valence-electron chi connectivity index (χ4n) is 2.08. The minimum Gasteiger partial charge on any atom is -0.461 e. The van der Waals surface area contributed by atoms with Gasteiger partial charge in [0.2, 0.25) is 0 Å². The number of anilines is 1. The third-order valence-corrected chi connectivity index (χ3v) is 3.03. The summed E-state index contributed by atoms with van der Waals surface area (Å²) in [7, 11) is 0. The molecule has 1 aromatic heterocycles. The van der Waals surface area contributed by atoms with Crippen LogP contribution in [0.3, 0.4) is 0 Å². The standard InChI is InChI=1S/C15H16N4O2/c1-3-21-15(20)13-14(17)19(10(2)18-13)12-6-4-11(5-7-12)8-9-16/h4-7H,3,8,17H2,1-2H3. The monoisotopic (exact) mass is 284 g/mol. The Morgan fingerprint density at radius 2 is 2.10 bits per heavy atom. The van der Waals surface area contributed by atoms with Gasteiger partial charge in [0.15, 0.2) is 5.69 Å². The second-order valence-corrected chi connectivity index (χ2v) is 4.45. The third-order valence-electron chi connectivity index (χ3n) is 3.03. The van der Waals surface area contributed by atoms with Crippen molar-refractivity contribution in [2.45, 2.75) is 20.3 Å². The fraction of sp³-hybridized carbons (Fsp3) is 0.267. The molecule has 108 valence electrons. The maximum atomic E-state index is 11.8. The van der Waals surface area contributed by atoms with E-state index < -0.39 is 5.97 Å². The molecule has 1 heterocycles. The van der Waals surface area contributed by atoms with E-state index >= 15 is 0 Å². The van der Waals surface area contributed by atoms with Crippen LogP contribution in [0.25, 0.3) is 5.69 Å². The lowest BCUT2D eigenvalue weighted by Gasteiger charge is -2.08. The van der Waals surface area contributed by atoms with Crippen molar-refractivity contribution in [1.82, 2.24) is 9.55 Å². The van der Waals surface area contributed by atoms with Crippen molar-refractivity contribution < 1.29 is 9.53 Å². The third kappa shape index (κ3) is 2.87. The summed E-state index contributed by atoms with van der Waals surface area (Å²) < 4.78 is 6.62. The molecule has 0 aliphatic heterocycles. The van der Waals surface area contributed by atoms with Gasteiger partial charge in [-0.15, -0.1) is 0 Å². The highest BCUT2D eigenvalue weighted by molar-refractivity contribution is 5.92. The molecule has 0 fully saturated rings. The number of rotatable bonds is 4. The Balaban J connectivity index is 2.40. The van der Waals surface area contributed by atoms with Crippen molar-refractivity contribution in [3.8, 4) is 11.8 Å². The first kappa shape index (κ1) is 14.6. The van der Waals surface area contributed by atoms with E-state index in [1.54, 1.807) is 18.4 Å². The molecule has 0 aliphatic carbocycles. The van der Waals surface area contributed by atoms with Crippen molar-refractivity contribution in [3.63, 3.8) is 0 Å². The first-order valence-electron chi connectivity index (χ1n) is 6.56. The summed E-state index contributed by atoms with van der Waals surface area (Å²) >= 11 is 0. The summed E-state index contributed by atoms with van der Waals surface area (Å²) in [5.41, 5.74) is 7.84. The van der Waals surface area contributed by atoms with E-state index in [-0.39, 0.29) is 18.1 Å². The largest absolute Gasteiger partial charge is 0.461 e. The number of aromatic nitrogens is 2. The van der Waals surface area contributed by atoms with Gasteiger partial charge >= 0.3 is 5.97 Å². The topological polar surface area (TPSA) is 93.9 Å². The molecule has 6 nitrogen and oxygen atoms in total. The number of carbonyl (C=O) groups excluding carboxylic acids is 1. The number of hydrogen-bond acceptors (Lipinski definition) is 5. The quantitative estimate of drug-likeness (QED) is 0.867. The number of hydrogen-bond donors (Lipinski definition) is 1. The van der Waals surface area contributed by atoms with Crippen molar-refractivity contribution in [1.29, 1.82) is 5.26 Å². The minimum atomic E-state index is -0.530. The molecule has 1 aromatic carbocycles. The molecule has 0 atom stereocenters. The van der Waals surface area contributed by atoms with Crippen LogP contribution in [0, 0.1) is 18.3 Å². The SMILES string of the molecule is CCOC(=O)c1nc(C)n(-c2ccc(CC#N)cc2)c1N. The van der Waals surface area contributed by atoms with Crippen LogP contribution < -0.4 is 5.73 Å². The Bertz CT molecular complexity index is 696. The summed E-state index contributed by atoms with van der Waals surface area (Å²) in [6.45, 7) is 3.77. The molecule has 0 amide bonds. The first-order valence-corrected chi connectivity index (χ1v) is 6.56. The molecule has 0 radical (unpaired) electrons. The van der Waals surface area contributed by atoms with Crippen LogP contribution in [-0.2, 0) is 11.2 Å². The highest BCUT2D eigenvalue weighted by Gasteiger charge is 2.20. The van der Waals surface area contributed by atoms with Gasteiger partial charge in [-0.1, -0.05) is 12.1 Å². The number of nitriles is 1. The van der Waals surface area contributed by atoms with E-state index in [9.17, 15) is 4.79 Å². The summed E-state index contributed by atoms with van der Waals surface area (Å²) in [6.07, 6.45) is 0.354. The predicted octanol–water partition coefficient (Wildman–Crippen LogP) is 2.01. The van der Waals surface area contributed by atoms with Gasteiger partial charge in [0, 0.05) is 5.69 Å². The second-order valence-electron chi connectivity index (χ2n) is 4.45. The van der Waals surface area contributed by atoms with Crippen LogP contribution in [0.1, 0.15) is 28.8 Å². The van der Waals surface area contributed by atoms with E-state index in [1.807, 2.05) is 24.3 Å². The lowest BCUT2D eigenvalue weighted by molar-refractivity contribution is 0.0521. The number of esters is 1. The Kier molecular flexibility index (Phi) is 4.24. The molecule has 0 saturated carbocycles. The van der Waals surface area contributed by atoms with Gasteiger partial charge in [-0.05, 0) is 31.5 Å². The smallest absolute Gasteiger partial charge is 0.360 e. The first-order chi connectivity index (χ1) is 10.1. The van der Waals surface area contributed by atoms with Gasteiger partial charge in [0.1, 0.15) is 11.6 Å². The zero-order valence-corrected chi connectivity index (χ0v) is 12.0. The van der Waals surface area contributed by atoms with E-state index in [0.29, 0.717) is 12.2 Å². The number of aryl methyl sites for hydroxylation is 1.